The number of rotatable bonds is 5. The second-order valence-corrected chi connectivity index (χ2v) is 3.90. The predicted molar refractivity (Wildman–Crippen MR) is 82.2 cm³/mol. The number of pyridine rings is 1. The Morgan fingerprint density at radius 2 is 1.89 bits per heavy atom. The molecule has 0 aliphatic rings. The summed E-state index contributed by atoms with van der Waals surface area (Å²) in [5.41, 5.74) is 3.41. The van der Waals surface area contributed by atoms with Gasteiger partial charge in [0.2, 0.25) is 0 Å². The number of ether oxygens (including phenoxy) is 1. The zero-order chi connectivity index (χ0) is 13.9. The fourth-order valence-corrected chi connectivity index (χ4v) is 1.46. The molecule has 0 saturated heterocycles. The lowest BCUT2D eigenvalue weighted by atomic mass is 10.2. The second-order valence-electron chi connectivity index (χ2n) is 3.90. The van der Waals surface area contributed by atoms with Crippen LogP contribution in [0.25, 0.3) is 0 Å². The topological polar surface area (TPSA) is 34.1 Å². The van der Waals surface area contributed by atoms with Crippen LogP contribution in [-0.4, -0.2) is 11.7 Å². The largest absolute Gasteiger partial charge is 0.363 e. The summed E-state index contributed by atoms with van der Waals surface area (Å²) in [6, 6.07) is 12.1. The van der Waals surface area contributed by atoms with Crippen LogP contribution in [0.2, 0.25) is 0 Å². The summed E-state index contributed by atoms with van der Waals surface area (Å²) >= 11 is 0. The molecular weight excluding hydrogens is 236 g/mol. The van der Waals surface area contributed by atoms with Gasteiger partial charge in [-0.1, -0.05) is 37.6 Å². The second kappa shape index (κ2) is 9.11. The average Bonchev–Trinajstić information content (AvgIpc) is 2.49. The van der Waals surface area contributed by atoms with Crippen molar-refractivity contribution in [3.63, 3.8) is 0 Å². The quantitative estimate of drug-likeness (QED) is 0.644. The van der Waals surface area contributed by atoms with Crippen molar-refractivity contribution in [2.45, 2.75) is 27.4 Å². The number of benzene rings is 1. The van der Waals surface area contributed by atoms with Gasteiger partial charge < -0.3 is 10.1 Å². The minimum atomic E-state index is 0. The normalized spacial score (nSPS) is 9.42. The first-order chi connectivity index (χ1) is 9.34. The molecule has 0 unspecified atom stereocenters. The lowest BCUT2D eigenvalue weighted by Gasteiger charge is -2.07. The number of nitrogens with one attached hydrogen (secondary N) is 1. The van der Waals surface area contributed by atoms with Gasteiger partial charge >= 0.3 is 0 Å². The monoisotopic (exact) mass is 260 g/mol. The van der Waals surface area contributed by atoms with E-state index in [0.717, 1.165) is 11.3 Å². The zero-order valence-electron chi connectivity index (χ0n) is 11.9. The zero-order valence-corrected chi connectivity index (χ0v) is 11.9. The van der Waals surface area contributed by atoms with E-state index in [2.05, 4.69) is 29.4 Å². The molecule has 104 valence electrons. The Morgan fingerprint density at radius 1 is 1.16 bits per heavy atom. The molecule has 19 heavy (non-hydrogen) atoms. The van der Waals surface area contributed by atoms with Gasteiger partial charge in [0, 0.05) is 19.5 Å². The molecule has 1 N–H and O–H groups in total. The van der Waals surface area contributed by atoms with Gasteiger partial charge in [-0.15, -0.1) is 0 Å². The lowest BCUT2D eigenvalue weighted by molar-refractivity contribution is 0.138. The SMILES string of the molecule is CC.Cc1ccc(NCOCc2cccnc2)cc1.[HH]. The van der Waals surface area contributed by atoms with E-state index in [1.807, 2.05) is 44.3 Å². The van der Waals surface area contributed by atoms with E-state index in [9.17, 15) is 0 Å². The van der Waals surface area contributed by atoms with E-state index >= 15 is 0 Å². The summed E-state index contributed by atoms with van der Waals surface area (Å²) in [5.74, 6) is 0. The van der Waals surface area contributed by atoms with E-state index in [1.54, 1.807) is 6.20 Å². The standard InChI is InChI=1S/C14H16N2O.C2H6.H2/c1-12-4-6-14(7-5-12)16-11-17-10-13-3-2-8-15-9-13;1-2;/h2-9,16H,10-11H2,1H3;1-2H3;1H. The molecule has 0 aliphatic heterocycles. The highest BCUT2D eigenvalue weighted by Crippen LogP contribution is 2.08. The van der Waals surface area contributed by atoms with Crippen molar-refractivity contribution in [1.29, 1.82) is 0 Å². The summed E-state index contributed by atoms with van der Waals surface area (Å²) in [4.78, 5) is 4.03. The van der Waals surface area contributed by atoms with Crippen molar-refractivity contribution in [1.82, 2.24) is 4.98 Å². The Kier molecular flexibility index (Phi) is 7.28. The van der Waals surface area contributed by atoms with Gasteiger partial charge in [-0.2, -0.15) is 0 Å². The van der Waals surface area contributed by atoms with Crippen LogP contribution < -0.4 is 5.32 Å². The maximum Gasteiger partial charge on any atom is 0.116 e. The van der Waals surface area contributed by atoms with Crippen molar-refractivity contribution in [2.24, 2.45) is 0 Å². The third kappa shape index (κ3) is 6.02. The molecule has 0 radical (unpaired) electrons. The van der Waals surface area contributed by atoms with Crippen molar-refractivity contribution >= 4 is 5.69 Å². The number of hydrogen-bond donors (Lipinski definition) is 1. The highest BCUT2D eigenvalue weighted by molar-refractivity contribution is 5.43. The molecule has 2 aromatic rings. The van der Waals surface area contributed by atoms with Crippen LogP contribution in [0, 0.1) is 6.92 Å². The molecule has 0 bridgehead atoms. The molecule has 1 heterocycles. The third-order valence-corrected chi connectivity index (χ3v) is 2.42. The first-order valence-electron chi connectivity index (χ1n) is 6.62. The molecule has 0 saturated carbocycles. The van der Waals surface area contributed by atoms with Crippen molar-refractivity contribution in [3.05, 3.63) is 59.9 Å². The summed E-state index contributed by atoms with van der Waals surface area (Å²) in [7, 11) is 0. The minimum Gasteiger partial charge on any atom is -0.363 e. The molecule has 1 aromatic carbocycles. The van der Waals surface area contributed by atoms with E-state index in [4.69, 9.17) is 4.74 Å². The number of aromatic nitrogens is 1. The van der Waals surface area contributed by atoms with Crippen molar-refractivity contribution in [3.8, 4) is 0 Å². The highest BCUT2D eigenvalue weighted by atomic mass is 16.5. The molecule has 0 amide bonds. The first kappa shape index (κ1) is 15.2. The van der Waals surface area contributed by atoms with Crippen LogP contribution in [-0.2, 0) is 11.3 Å². The summed E-state index contributed by atoms with van der Waals surface area (Å²) in [6.45, 7) is 7.15. The van der Waals surface area contributed by atoms with Crippen molar-refractivity contribution < 1.29 is 6.16 Å². The molecule has 1 aromatic heterocycles. The van der Waals surface area contributed by atoms with Gasteiger partial charge in [0.15, 0.2) is 0 Å². The molecule has 2 rings (SSSR count). The van der Waals surface area contributed by atoms with E-state index in [0.29, 0.717) is 13.3 Å². The average molecular weight is 260 g/mol. The summed E-state index contributed by atoms with van der Waals surface area (Å²) in [6.07, 6.45) is 3.57. The number of aryl methyl sites for hydroxylation is 1. The summed E-state index contributed by atoms with van der Waals surface area (Å²) < 4.78 is 5.50. The fraction of sp³-hybridized carbons (Fsp3) is 0.312. The number of nitrogens with zero attached hydrogens (tertiary/aromatic N) is 1. The highest BCUT2D eigenvalue weighted by Gasteiger charge is 1.93. The molecule has 0 aliphatic carbocycles. The molecule has 3 heteroatoms. The summed E-state index contributed by atoms with van der Waals surface area (Å²) in [5, 5.41) is 3.20. The molecule has 0 spiro atoms. The van der Waals surface area contributed by atoms with Gasteiger partial charge in [0.25, 0.3) is 0 Å². The maximum absolute atomic E-state index is 5.50. The van der Waals surface area contributed by atoms with Crippen LogP contribution in [0.1, 0.15) is 26.4 Å². The molecular formula is C16H24N2O. The Bertz CT molecular complexity index is 446. The van der Waals surface area contributed by atoms with E-state index < -0.39 is 0 Å². The first-order valence-corrected chi connectivity index (χ1v) is 6.62. The van der Waals surface area contributed by atoms with Crippen LogP contribution in [0.15, 0.2) is 48.8 Å². The lowest BCUT2D eigenvalue weighted by Crippen LogP contribution is -2.06. The fourth-order valence-electron chi connectivity index (χ4n) is 1.46. The van der Waals surface area contributed by atoms with Crippen LogP contribution in [0.4, 0.5) is 5.69 Å². The third-order valence-electron chi connectivity index (χ3n) is 2.42. The Balaban J connectivity index is 0.00000115. The van der Waals surface area contributed by atoms with Gasteiger partial charge in [-0.05, 0) is 30.7 Å². The number of hydrogen-bond acceptors (Lipinski definition) is 3. The van der Waals surface area contributed by atoms with E-state index in [-0.39, 0.29) is 1.43 Å². The van der Waals surface area contributed by atoms with Crippen LogP contribution in [0.5, 0.6) is 0 Å². The number of anilines is 1. The molecule has 0 atom stereocenters. The van der Waals surface area contributed by atoms with Gasteiger partial charge in [0.1, 0.15) is 6.73 Å². The van der Waals surface area contributed by atoms with Crippen molar-refractivity contribution in [2.75, 3.05) is 12.0 Å². The minimum absolute atomic E-state index is 0. The van der Waals surface area contributed by atoms with Gasteiger partial charge in [-0.3, -0.25) is 4.98 Å². The molecule has 0 fully saturated rings. The Labute approximate surface area is 117 Å². The van der Waals surface area contributed by atoms with Gasteiger partial charge in [-0.25, -0.2) is 0 Å². The van der Waals surface area contributed by atoms with Gasteiger partial charge in [0.05, 0.1) is 6.61 Å². The van der Waals surface area contributed by atoms with Crippen LogP contribution >= 0.6 is 0 Å². The smallest absolute Gasteiger partial charge is 0.116 e. The Hall–Kier alpha value is -1.87. The van der Waals surface area contributed by atoms with Crippen LogP contribution in [0.3, 0.4) is 0 Å². The Morgan fingerprint density at radius 3 is 2.53 bits per heavy atom. The maximum atomic E-state index is 5.50. The predicted octanol–water partition coefficient (Wildman–Crippen LogP) is 4.25. The molecule has 3 nitrogen and oxygen atoms in total. The van der Waals surface area contributed by atoms with E-state index in [1.165, 1.54) is 5.56 Å².